The number of rotatable bonds is 6. The van der Waals surface area contributed by atoms with Crippen LogP contribution < -0.4 is 0 Å². The van der Waals surface area contributed by atoms with E-state index in [4.69, 9.17) is 10.5 Å². The fourth-order valence-electron chi connectivity index (χ4n) is 1.37. The molecule has 0 amide bonds. The minimum Gasteiger partial charge on any atom is -0.292 e. The normalized spacial score (nSPS) is 9.88. The third kappa shape index (κ3) is 3.99. The molecule has 1 rings (SSSR count). The van der Waals surface area contributed by atoms with Gasteiger partial charge in [0.1, 0.15) is 0 Å². The van der Waals surface area contributed by atoms with Gasteiger partial charge in [0.15, 0.2) is 5.78 Å². The van der Waals surface area contributed by atoms with E-state index < -0.39 is 0 Å². The van der Waals surface area contributed by atoms with Crippen molar-refractivity contribution in [2.45, 2.75) is 13.3 Å². The summed E-state index contributed by atoms with van der Waals surface area (Å²) in [6, 6.07) is 7.65. The third-order valence-electron chi connectivity index (χ3n) is 2.24. The van der Waals surface area contributed by atoms with Crippen molar-refractivity contribution in [1.82, 2.24) is 4.90 Å². The first-order chi connectivity index (χ1) is 8.21. The molecule has 0 radical (unpaired) electrons. The van der Waals surface area contributed by atoms with E-state index in [0.717, 1.165) is 6.42 Å². The second-order valence-corrected chi connectivity index (χ2v) is 4.67. The Morgan fingerprint density at radius 3 is 2.47 bits per heavy atom. The zero-order valence-electron chi connectivity index (χ0n) is 9.64. The number of ketones is 1. The maximum Gasteiger partial charge on any atom is 0.186 e. The zero-order valence-corrected chi connectivity index (χ0v) is 10.5. The minimum atomic E-state index is -0.0276. The Morgan fingerprint density at radius 1 is 1.35 bits per heavy atom. The van der Waals surface area contributed by atoms with Crippen molar-refractivity contribution in [2.24, 2.45) is 0 Å². The Hall–Kier alpha value is -1.69. The van der Waals surface area contributed by atoms with Gasteiger partial charge in [-0.2, -0.15) is 10.5 Å². The molecule has 0 unspecified atom stereocenters. The zero-order chi connectivity index (χ0) is 12.7. The van der Waals surface area contributed by atoms with Crippen LogP contribution in [0, 0.1) is 22.7 Å². The number of nitrogens with zero attached hydrogens (tertiary/aromatic N) is 3. The first kappa shape index (κ1) is 13.4. The van der Waals surface area contributed by atoms with E-state index >= 15 is 0 Å². The van der Waals surface area contributed by atoms with E-state index in [9.17, 15) is 4.79 Å². The number of carbonyl (C=O) groups is 1. The second-order valence-electron chi connectivity index (χ2n) is 3.50. The predicted molar refractivity (Wildman–Crippen MR) is 65.7 cm³/mol. The quantitative estimate of drug-likeness (QED) is 0.568. The highest BCUT2D eigenvalue weighted by Gasteiger charge is 2.13. The van der Waals surface area contributed by atoms with E-state index in [1.165, 1.54) is 21.1 Å². The van der Waals surface area contributed by atoms with Gasteiger partial charge in [0.25, 0.3) is 0 Å². The standard InChI is InChI=1S/C12H13N3OS/c1-2-10-3-4-12(17-10)11(16)9-15(7-5-13)8-6-14/h3-4H,2,7-9H2,1H3. The summed E-state index contributed by atoms with van der Waals surface area (Å²) in [7, 11) is 0. The molecule has 1 aromatic heterocycles. The number of Topliss-reactive ketones (excluding diaryl/α,β-unsaturated/α-hetero) is 1. The fraction of sp³-hybridized carbons (Fsp3) is 0.417. The lowest BCUT2D eigenvalue weighted by Gasteiger charge is -2.12. The molecule has 88 valence electrons. The molecule has 0 saturated heterocycles. The average Bonchev–Trinajstić information content (AvgIpc) is 2.78. The van der Waals surface area contributed by atoms with Crippen molar-refractivity contribution in [3.63, 3.8) is 0 Å². The molecular formula is C12H13N3OS. The number of thiophene rings is 1. The van der Waals surface area contributed by atoms with Crippen LogP contribution in [0.1, 0.15) is 21.5 Å². The summed E-state index contributed by atoms with van der Waals surface area (Å²) >= 11 is 1.48. The van der Waals surface area contributed by atoms with Crippen LogP contribution in [0.4, 0.5) is 0 Å². The Morgan fingerprint density at radius 2 is 2.00 bits per heavy atom. The number of hydrogen-bond donors (Lipinski definition) is 0. The minimum absolute atomic E-state index is 0.0276. The Bertz CT molecular complexity index is 451. The van der Waals surface area contributed by atoms with Crippen molar-refractivity contribution < 1.29 is 4.79 Å². The van der Waals surface area contributed by atoms with Crippen LogP contribution in [0.2, 0.25) is 0 Å². The Kier molecular flexibility index (Phi) is 5.35. The SMILES string of the molecule is CCc1ccc(C(=O)CN(CC#N)CC#N)s1. The summed E-state index contributed by atoms with van der Waals surface area (Å²) in [5.41, 5.74) is 0. The van der Waals surface area contributed by atoms with Crippen LogP contribution in [0.25, 0.3) is 0 Å². The smallest absolute Gasteiger partial charge is 0.186 e. The van der Waals surface area contributed by atoms with Crippen molar-refractivity contribution in [1.29, 1.82) is 10.5 Å². The molecule has 0 saturated carbocycles. The maximum absolute atomic E-state index is 11.9. The molecule has 0 aromatic carbocycles. The van der Waals surface area contributed by atoms with Crippen molar-refractivity contribution >= 4 is 17.1 Å². The lowest BCUT2D eigenvalue weighted by Crippen LogP contribution is -2.30. The van der Waals surface area contributed by atoms with Gasteiger partial charge in [-0.3, -0.25) is 9.69 Å². The molecule has 5 heteroatoms. The molecule has 0 spiro atoms. The molecule has 0 bridgehead atoms. The molecule has 0 N–H and O–H groups in total. The third-order valence-corrected chi connectivity index (χ3v) is 3.51. The average molecular weight is 247 g/mol. The van der Waals surface area contributed by atoms with Gasteiger partial charge in [-0.25, -0.2) is 0 Å². The van der Waals surface area contributed by atoms with Gasteiger partial charge in [-0.05, 0) is 18.6 Å². The molecule has 0 fully saturated rings. The first-order valence-corrected chi connectivity index (χ1v) is 6.11. The summed E-state index contributed by atoms with van der Waals surface area (Å²) in [6.45, 7) is 2.37. The highest BCUT2D eigenvalue weighted by atomic mass is 32.1. The molecule has 0 aliphatic carbocycles. The van der Waals surface area contributed by atoms with Crippen LogP contribution in [-0.2, 0) is 6.42 Å². The molecule has 4 nitrogen and oxygen atoms in total. The first-order valence-electron chi connectivity index (χ1n) is 5.29. The topological polar surface area (TPSA) is 67.9 Å². The summed E-state index contributed by atoms with van der Waals surface area (Å²) in [4.78, 5) is 15.3. The van der Waals surface area contributed by atoms with Gasteiger partial charge in [0.2, 0.25) is 0 Å². The number of hydrogen-bond acceptors (Lipinski definition) is 5. The van der Waals surface area contributed by atoms with Crippen LogP contribution in [0.5, 0.6) is 0 Å². The Balaban J connectivity index is 2.64. The summed E-state index contributed by atoms with van der Waals surface area (Å²) in [5.74, 6) is -0.0276. The predicted octanol–water partition coefficient (Wildman–Crippen LogP) is 1.84. The van der Waals surface area contributed by atoms with E-state index in [2.05, 4.69) is 0 Å². The van der Waals surface area contributed by atoms with Crippen LogP contribution in [-0.4, -0.2) is 30.3 Å². The van der Waals surface area contributed by atoms with E-state index in [0.29, 0.717) is 4.88 Å². The maximum atomic E-state index is 11.9. The van der Waals surface area contributed by atoms with Gasteiger partial charge in [-0.15, -0.1) is 11.3 Å². The van der Waals surface area contributed by atoms with Crippen molar-refractivity contribution in [2.75, 3.05) is 19.6 Å². The molecule has 0 aliphatic heterocycles. The fourth-order valence-corrected chi connectivity index (χ4v) is 2.24. The lowest BCUT2D eigenvalue weighted by molar-refractivity contribution is 0.0950. The van der Waals surface area contributed by atoms with Gasteiger partial charge in [0, 0.05) is 4.88 Å². The van der Waals surface area contributed by atoms with Gasteiger partial charge in [-0.1, -0.05) is 6.92 Å². The number of nitriles is 2. The highest BCUT2D eigenvalue weighted by molar-refractivity contribution is 7.14. The largest absolute Gasteiger partial charge is 0.292 e. The van der Waals surface area contributed by atoms with Crippen molar-refractivity contribution in [3.8, 4) is 12.1 Å². The van der Waals surface area contributed by atoms with Crippen molar-refractivity contribution in [3.05, 3.63) is 21.9 Å². The van der Waals surface area contributed by atoms with Crippen LogP contribution >= 0.6 is 11.3 Å². The van der Waals surface area contributed by atoms with E-state index in [1.807, 2.05) is 31.2 Å². The summed E-state index contributed by atoms with van der Waals surface area (Å²) in [5, 5.41) is 17.2. The number of aryl methyl sites for hydroxylation is 1. The van der Waals surface area contributed by atoms with Gasteiger partial charge in [0.05, 0.1) is 36.6 Å². The second kappa shape index (κ2) is 6.80. The van der Waals surface area contributed by atoms with E-state index in [1.54, 1.807) is 0 Å². The highest BCUT2D eigenvalue weighted by Crippen LogP contribution is 2.17. The summed E-state index contributed by atoms with van der Waals surface area (Å²) < 4.78 is 0. The van der Waals surface area contributed by atoms with E-state index in [-0.39, 0.29) is 25.4 Å². The molecule has 1 heterocycles. The molecule has 0 aliphatic rings. The molecule has 1 aromatic rings. The Labute approximate surface area is 105 Å². The van der Waals surface area contributed by atoms with Gasteiger partial charge < -0.3 is 0 Å². The van der Waals surface area contributed by atoms with Gasteiger partial charge >= 0.3 is 0 Å². The van der Waals surface area contributed by atoms with Crippen LogP contribution in [0.15, 0.2) is 12.1 Å². The summed E-state index contributed by atoms with van der Waals surface area (Å²) in [6.07, 6.45) is 0.915. The number of carbonyl (C=O) groups excluding carboxylic acids is 1. The molecule has 0 atom stereocenters. The molecular weight excluding hydrogens is 234 g/mol. The monoisotopic (exact) mass is 247 g/mol. The lowest BCUT2D eigenvalue weighted by atomic mass is 10.3. The van der Waals surface area contributed by atoms with Crippen LogP contribution in [0.3, 0.4) is 0 Å². The molecule has 17 heavy (non-hydrogen) atoms.